The molecule has 0 aromatic carbocycles. The minimum Gasteiger partial charge on any atom is -0.361 e. The van der Waals surface area contributed by atoms with Crippen molar-refractivity contribution in [3.63, 3.8) is 0 Å². The number of carbonyl (C=O) groups is 1. The molecule has 0 N–H and O–H groups in total. The molecule has 70 valence electrons. The molecule has 2 atom stereocenters. The Morgan fingerprint density at radius 3 is 2.67 bits per heavy atom. The molecule has 1 rings (SSSR count). The van der Waals surface area contributed by atoms with Crippen molar-refractivity contribution in [3.8, 4) is 0 Å². The lowest BCUT2D eigenvalue weighted by Gasteiger charge is -1.98. The lowest BCUT2D eigenvalue weighted by molar-refractivity contribution is -0.123. The molecule has 0 bridgehead atoms. The van der Waals surface area contributed by atoms with Crippen molar-refractivity contribution in [2.24, 2.45) is 5.92 Å². The quantitative estimate of drug-likeness (QED) is 0.592. The van der Waals surface area contributed by atoms with Gasteiger partial charge in [-0.25, -0.2) is 0 Å². The van der Waals surface area contributed by atoms with Gasteiger partial charge in [-0.1, -0.05) is 33.6 Å². The van der Waals surface area contributed by atoms with Crippen molar-refractivity contribution >= 4 is 5.78 Å². The number of ether oxygens (including phenoxy) is 1. The maximum atomic E-state index is 11.4. The molecule has 0 amide bonds. The molecule has 0 spiro atoms. The Morgan fingerprint density at radius 2 is 2.17 bits per heavy atom. The summed E-state index contributed by atoms with van der Waals surface area (Å²) in [6.07, 6.45) is 3.60. The van der Waals surface area contributed by atoms with E-state index in [1.165, 1.54) is 12.8 Å². The second-order valence-electron chi connectivity index (χ2n) is 3.79. The maximum Gasteiger partial charge on any atom is 0.166 e. The van der Waals surface area contributed by atoms with Crippen LogP contribution in [0.3, 0.4) is 0 Å². The number of ketones is 1. The summed E-state index contributed by atoms with van der Waals surface area (Å²) in [5.41, 5.74) is 0. The highest BCUT2D eigenvalue weighted by atomic mass is 16.6. The van der Waals surface area contributed by atoms with Gasteiger partial charge in [0.1, 0.15) is 6.10 Å². The Labute approximate surface area is 74.3 Å². The van der Waals surface area contributed by atoms with Crippen molar-refractivity contribution < 1.29 is 9.53 Å². The highest BCUT2D eigenvalue weighted by molar-refractivity contribution is 5.87. The molecule has 2 heteroatoms. The van der Waals surface area contributed by atoms with Gasteiger partial charge in [-0.15, -0.1) is 0 Å². The number of epoxide rings is 1. The first kappa shape index (κ1) is 9.72. The number of hydrogen-bond acceptors (Lipinski definition) is 2. The highest BCUT2D eigenvalue weighted by Gasteiger charge is 2.44. The van der Waals surface area contributed by atoms with Crippen LogP contribution in [0.5, 0.6) is 0 Å². The molecular formula is C10H18O2. The maximum absolute atomic E-state index is 11.4. The van der Waals surface area contributed by atoms with Crippen LogP contribution in [-0.4, -0.2) is 18.0 Å². The van der Waals surface area contributed by atoms with Crippen LogP contribution in [0.1, 0.15) is 40.0 Å². The third-order valence-electron chi connectivity index (χ3n) is 2.27. The predicted molar refractivity (Wildman–Crippen MR) is 48.0 cm³/mol. The Kier molecular flexibility index (Phi) is 3.27. The van der Waals surface area contributed by atoms with Gasteiger partial charge in [0.2, 0.25) is 0 Å². The van der Waals surface area contributed by atoms with Gasteiger partial charge in [-0.3, -0.25) is 4.79 Å². The first-order valence-electron chi connectivity index (χ1n) is 4.86. The molecule has 0 unspecified atom stereocenters. The topological polar surface area (TPSA) is 29.6 Å². The van der Waals surface area contributed by atoms with Crippen molar-refractivity contribution in [1.29, 1.82) is 0 Å². The minimum atomic E-state index is -0.0588. The Bertz CT molecular complexity index is 163. The zero-order valence-corrected chi connectivity index (χ0v) is 8.17. The summed E-state index contributed by atoms with van der Waals surface area (Å²) in [6.45, 7) is 6.02. The van der Waals surface area contributed by atoms with E-state index >= 15 is 0 Å². The smallest absolute Gasteiger partial charge is 0.166 e. The summed E-state index contributed by atoms with van der Waals surface area (Å²) in [5, 5.41) is 0. The molecular weight excluding hydrogens is 152 g/mol. The van der Waals surface area contributed by atoms with Crippen LogP contribution in [0.4, 0.5) is 0 Å². The number of carbonyl (C=O) groups excluding carboxylic acids is 1. The Balaban J connectivity index is 2.19. The highest BCUT2D eigenvalue weighted by Crippen LogP contribution is 2.29. The fraction of sp³-hybridized carbons (Fsp3) is 0.900. The molecule has 0 saturated carbocycles. The molecule has 0 aliphatic carbocycles. The summed E-state index contributed by atoms with van der Waals surface area (Å²) >= 11 is 0. The molecule has 12 heavy (non-hydrogen) atoms. The Hall–Kier alpha value is -0.370. The van der Waals surface area contributed by atoms with Crippen LogP contribution in [-0.2, 0) is 9.53 Å². The molecule has 0 aromatic heterocycles. The molecule has 1 heterocycles. The molecule has 1 fully saturated rings. The van der Waals surface area contributed by atoms with Gasteiger partial charge < -0.3 is 4.74 Å². The Morgan fingerprint density at radius 1 is 1.50 bits per heavy atom. The standard InChI is InChI=1S/C10H18O2/c1-4-5-6-8-10(12-8)9(11)7(2)3/h7-8,10H,4-6H2,1-3H3/t8-,10-/m0/s1. The lowest BCUT2D eigenvalue weighted by atomic mass is 10.0. The molecule has 1 saturated heterocycles. The van der Waals surface area contributed by atoms with Gasteiger partial charge in [0.05, 0.1) is 6.10 Å². The van der Waals surface area contributed by atoms with Crippen LogP contribution in [0.2, 0.25) is 0 Å². The monoisotopic (exact) mass is 170 g/mol. The molecule has 0 aromatic rings. The third-order valence-corrected chi connectivity index (χ3v) is 2.27. The average molecular weight is 170 g/mol. The normalized spacial score (nSPS) is 27.7. The van der Waals surface area contributed by atoms with E-state index in [2.05, 4.69) is 6.92 Å². The van der Waals surface area contributed by atoms with E-state index in [9.17, 15) is 4.79 Å². The van der Waals surface area contributed by atoms with Crippen LogP contribution >= 0.6 is 0 Å². The number of rotatable bonds is 5. The first-order chi connectivity index (χ1) is 5.66. The first-order valence-corrected chi connectivity index (χ1v) is 4.86. The summed E-state index contributed by atoms with van der Waals surface area (Å²) < 4.78 is 5.29. The largest absolute Gasteiger partial charge is 0.361 e. The fourth-order valence-corrected chi connectivity index (χ4v) is 1.35. The fourth-order valence-electron chi connectivity index (χ4n) is 1.35. The van der Waals surface area contributed by atoms with E-state index in [0.29, 0.717) is 0 Å². The van der Waals surface area contributed by atoms with Crippen molar-refractivity contribution in [2.75, 3.05) is 0 Å². The summed E-state index contributed by atoms with van der Waals surface area (Å²) in [7, 11) is 0. The molecule has 2 nitrogen and oxygen atoms in total. The number of unbranched alkanes of at least 4 members (excludes halogenated alkanes) is 1. The molecule has 1 aliphatic rings. The predicted octanol–water partition coefficient (Wildman–Crippen LogP) is 2.17. The van der Waals surface area contributed by atoms with E-state index in [-0.39, 0.29) is 23.9 Å². The number of hydrogen-bond donors (Lipinski definition) is 0. The van der Waals surface area contributed by atoms with Crippen LogP contribution in [0.25, 0.3) is 0 Å². The van der Waals surface area contributed by atoms with E-state index in [4.69, 9.17) is 4.74 Å². The zero-order valence-electron chi connectivity index (χ0n) is 8.17. The number of Topliss-reactive ketones (excluding diaryl/α,β-unsaturated/α-hetero) is 1. The molecule has 0 radical (unpaired) electrons. The van der Waals surface area contributed by atoms with Crippen LogP contribution in [0, 0.1) is 5.92 Å². The van der Waals surface area contributed by atoms with Crippen molar-refractivity contribution in [3.05, 3.63) is 0 Å². The van der Waals surface area contributed by atoms with Gasteiger partial charge in [-0.05, 0) is 6.42 Å². The van der Waals surface area contributed by atoms with Gasteiger partial charge in [-0.2, -0.15) is 0 Å². The van der Waals surface area contributed by atoms with Crippen molar-refractivity contribution in [2.45, 2.75) is 52.2 Å². The second-order valence-corrected chi connectivity index (χ2v) is 3.79. The van der Waals surface area contributed by atoms with E-state index in [1.54, 1.807) is 0 Å². The molecule has 1 aliphatic heterocycles. The summed E-state index contributed by atoms with van der Waals surface area (Å²) in [6, 6.07) is 0. The zero-order chi connectivity index (χ0) is 9.14. The summed E-state index contributed by atoms with van der Waals surface area (Å²) in [5.74, 6) is 0.401. The van der Waals surface area contributed by atoms with E-state index in [0.717, 1.165) is 6.42 Å². The van der Waals surface area contributed by atoms with E-state index in [1.807, 2.05) is 13.8 Å². The van der Waals surface area contributed by atoms with Crippen molar-refractivity contribution in [1.82, 2.24) is 0 Å². The van der Waals surface area contributed by atoms with Crippen LogP contribution in [0.15, 0.2) is 0 Å². The SMILES string of the molecule is CCCC[C@@H]1O[C@@H]1C(=O)C(C)C. The van der Waals surface area contributed by atoms with Gasteiger partial charge in [0.15, 0.2) is 5.78 Å². The van der Waals surface area contributed by atoms with Gasteiger partial charge in [0, 0.05) is 5.92 Å². The summed E-state index contributed by atoms with van der Waals surface area (Å²) in [4.78, 5) is 11.4. The lowest BCUT2D eigenvalue weighted by Crippen LogP contribution is -2.16. The average Bonchev–Trinajstić information content (AvgIpc) is 2.78. The van der Waals surface area contributed by atoms with E-state index < -0.39 is 0 Å². The van der Waals surface area contributed by atoms with Gasteiger partial charge in [0.25, 0.3) is 0 Å². The van der Waals surface area contributed by atoms with Gasteiger partial charge >= 0.3 is 0 Å². The van der Waals surface area contributed by atoms with Crippen LogP contribution < -0.4 is 0 Å². The third kappa shape index (κ3) is 2.31. The second kappa shape index (κ2) is 4.04. The minimum absolute atomic E-state index is 0.0588.